The van der Waals surface area contributed by atoms with Gasteiger partial charge in [0, 0.05) is 39.4 Å². The van der Waals surface area contributed by atoms with Crippen molar-refractivity contribution in [1.82, 2.24) is 24.1 Å². The molecule has 0 N–H and O–H groups in total. The van der Waals surface area contributed by atoms with Crippen LogP contribution in [0.3, 0.4) is 0 Å². The number of piperazine rings is 1. The van der Waals surface area contributed by atoms with E-state index in [2.05, 4.69) is 11.8 Å². The van der Waals surface area contributed by atoms with Crippen molar-refractivity contribution in [2.45, 2.75) is 6.92 Å². The molecule has 1 amide bonds. The van der Waals surface area contributed by atoms with Crippen molar-refractivity contribution in [3.8, 4) is 17.1 Å². The second-order valence-corrected chi connectivity index (χ2v) is 6.89. The molecule has 3 heterocycles. The molecule has 0 atom stereocenters. The van der Waals surface area contributed by atoms with Crippen molar-refractivity contribution in [2.24, 2.45) is 7.05 Å². The summed E-state index contributed by atoms with van der Waals surface area (Å²) in [5.41, 5.74) is 3.31. The summed E-state index contributed by atoms with van der Waals surface area (Å²) in [6.07, 6.45) is 1.99. The predicted molar refractivity (Wildman–Crippen MR) is 106 cm³/mol. The first-order chi connectivity index (χ1) is 13.2. The van der Waals surface area contributed by atoms with Crippen LogP contribution in [0.15, 0.2) is 54.7 Å². The summed E-state index contributed by atoms with van der Waals surface area (Å²) in [7, 11) is 1.99. The van der Waals surface area contributed by atoms with Crippen LogP contribution in [0.2, 0.25) is 0 Å². The maximum Gasteiger partial charge on any atom is 0.272 e. The van der Waals surface area contributed by atoms with Crippen molar-refractivity contribution < 1.29 is 4.79 Å². The topological polar surface area (TPSA) is 46.3 Å². The van der Waals surface area contributed by atoms with Gasteiger partial charge in [-0.05, 0) is 36.9 Å². The molecular formula is C21H25N5O. The van der Waals surface area contributed by atoms with E-state index in [-0.39, 0.29) is 5.91 Å². The molecule has 0 bridgehead atoms. The molecular weight excluding hydrogens is 338 g/mol. The van der Waals surface area contributed by atoms with Gasteiger partial charge in [-0.1, -0.05) is 25.1 Å². The third-order valence-corrected chi connectivity index (χ3v) is 5.24. The molecule has 0 radical (unpaired) electrons. The standard InChI is InChI=1S/C21H25N5O/c1-3-24-12-14-25(15-13-24)21(27)20-16-18(19-10-7-11-23(19)2)22-26(20)17-8-5-4-6-9-17/h4-11,16H,3,12-15H2,1-2H3. The molecule has 1 aliphatic heterocycles. The fourth-order valence-electron chi connectivity index (χ4n) is 3.58. The van der Waals surface area contributed by atoms with E-state index >= 15 is 0 Å². The maximum absolute atomic E-state index is 13.3. The van der Waals surface area contributed by atoms with Crippen molar-refractivity contribution in [3.63, 3.8) is 0 Å². The molecule has 1 aromatic carbocycles. The van der Waals surface area contributed by atoms with Gasteiger partial charge in [-0.3, -0.25) is 4.79 Å². The zero-order valence-corrected chi connectivity index (χ0v) is 15.9. The molecule has 2 aromatic heterocycles. The van der Waals surface area contributed by atoms with Gasteiger partial charge in [-0.2, -0.15) is 5.10 Å². The number of rotatable bonds is 4. The van der Waals surface area contributed by atoms with E-state index in [0.717, 1.165) is 49.8 Å². The Bertz CT molecular complexity index is 919. The average molecular weight is 363 g/mol. The molecule has 0 aliphatic carbocycles. The van der Waals surface area contributed by atoms with Crippen molar-refractivity contribution in [2.75, 3.05) is 32.7 Å². The Kier molecular flexibility index (Phi) is 4.81. The number of carbonyl (C=O) groups is 1. The molecule has 1 aliphatic rings. The van der Waals surface area contributed by atoms with Gasteiger partial charge in [0.25, 0.3) is 5.91 Å². The van der Waals surface area contributed by atoms with E-state index in [9.17, 15) is 4.79 Å². The summed E-state index contributed by atoms with van der Waals surface area (Å²) >= 11 is 0. The number of para-hydroxylation sites is 1. The SMILES string of the molecule is CCN1CCN(C(=O)c2cc(-c3cccn3C)nn2-c2ccccc2)CC1. The lowest BCUT2D eigenvalue weighted by atomic mass is 10.2. The number of nitrogens with zero attached hydrogens (tertiary/aromatic N) is 5. The Labute approximate surface area is 159 Å². The van der Waals surface area contributed by atoms with Crippen LogP contribution in [0.25, 0.3) is 17.1 Å². The summed E-state index contributed by atoms with van der Waals surface area (Å²) in [6, 6.07) is 15.8. The van der Waals surface area contributed by atoms with Crippen molar-refractivity contribution in [1.29, 1.82) is 0 Å². The normalized spacial score (nSPS) is 15.3. The first-order valence-corrected chi connectivity index (χ1v) is 9.46. The minimum Gasteiger partial charge on any atom is -0.349 e. The molecule has 6 heteroatoms. The Balaban J connectivity index is 1.71. The van der Waals surface area contributed by atoms with Crippen LogP contribution in [0, 0.1) is 0 Å². The van der Waals surface area contributed by atoms with Gasteiger partial charge in [0.1, 0.15) is 11.4 Å². The highest BCUT2D eigenvalue weighted by Gasteiger charge is 2.26. The summed E-state index contributed by atoms with van der Waals surface area (Å²) in [4.78, 5) is 17.6. The van der Waals surface area contributed by atoms with Crippen LogP contribution in [0.1, 0.15) is 17.4 Å². The van der Waals surface area contributed by atoms with E-state index in [1.165, 1.54) is 0 Å². The molecule has 0 unspecified atom stereocenters. The first kappa shape index (κ1) is 17.5. The third kappa shape index (κ3) is 3.40. The van der Waals surface area contributed by atoms with Crippen LogP contribution < -0.4 is 0 Å². The Hall–Kier alpha value is -2.86. The summed E-state index contributed by atoms with van der Waals surface area (Å²) < 4.78 is 3.79. The van der Waals surface area contributed by atoms with Gasteiger partial charge < -0.3 is 14.4 Å². The van der Waals surface area contributed by atoms with Crippen LogP contribution in [-0.2, 0) is 7.05 Å². The Morgan fingerprint density at radius 3 is 2.41 bits per heavy atom. The Morgan fingerprint density at radius 1 is 1.04 bits per heavy atom. The minimum absolute atomic E-state index is 0.0440. The van der Waals surface area contributed by atoms with Gasteiger partial charge in [0.2, 0.25) is 0 Å². The van der Waals surface area contributed by atoms with E-state index in [1.807, 2.05) is 71.2 Å². The lowest BCUT2D eigenvalue weighted by molar-refractivity contribution is 0.0634. The van der Waals surface area contributed by atoms with Crippen molar-refractivity contribution in [3.05, 3.63) is 60.4 Å². The van der Waals surface area contributed by atoms with E-state index in [4.69, 9.17) is 5.10 Å². The molecule has 0 saturated carbocycles. The van der Waals surface area contributed by atoms with Gasteiger partial charge in [0.15, 0.2) is 0 Å². The zero-order valence-electron chi connectivity index (χ0n) is 15.9. The molecule has 1 saturated heterocycles. The molecule has 0 spiro atoms. The van der Waals surface area contributed by atoms with Gasteiger partial charge in [-0.25, -0.2) is 4.68 Å². The number of hydrogen-bond donors (Lipinski definition) is 0. The number of aryl methyl sites for hydroxylation is 1. The minimum atomic E-state index is 0.0440. The number of carbonyl (C=O) groups excluding carboxylic acids is 1. The largest absolute Gasteiger partial charge is 0.349 e. The molecule has 140 valence electrons. The quantitative estimate of drug-likeness (QED) is 0.716. The monoisotopic (exact) mass is 363 g/mol. The van der Waals surface area contributed by atoms with Crippen LogP contribution in [0.4, 0.5) is 0 Å². The van der Waals surface area contributed by atoms with Gasteiger partial charge in [0.05, 0.1) is 11.4 Å². The second-order valence-electron chi connectivity index (χ2n) is 6.89. The van der Waals surface area contributed by atoms with Crippen LogP contribution >= 0.6 is 0 Å². The predicted octanol–water partition coefficient (Wildman–Crippen LogP) is 2.66. The average Bonchev–Trinajstić information content (AvgIpc) is 3.34. The fraction of sp³-hybridized carbons (Fsp3) is 0.333. The number of hydrogen-bond acceptors (Lipinski definition) is 3. The molecule has 3 aromatic rings. The maximum atomic E-state index is 13.3. The lowest BCUT2D eigenvalue weighted by Gasteiger charge is -2.34. The lowest BCUT2D eigenvalue weighted by Crippen LogP contribution is -2.48. The van der Waals surface area contributed by atoms with E-state index in [1.54, 1.807) is 4.68 Å². The fourth-order valence-corrected chi connectivity index (χ4v) is 3.58. The summed E-state index contributed by atoms with van der Waals surface area (Å²) in [6.45, 7) is 6.55. The summed E-state index contributed by atoms with van der Waals surface area (Å²) in [5.74, 6) is 0.0440. The Morgan fingerprint density at radius 2 is 1.78 bits per heavy atom. The number of likely N-dealkylation sites (N-methyl/N-ethyl adjacent to an activating group) is 1. The highest BCUT2D eigenvalue weighted by atomic mass is 16.2. The molecule has 27 heavy (non-hydrogen) atoms. The van der Waals surface area contributed by atoms with Crippen LogP contribution in [-0.4, -0.2) is 62.8 Å². The van der Waals surface area contributed by atoms with Crippen LogP contribution in [0.5, 0.6) is 0 Å². The van der Waals surface area contributed by atoms with E-state index in [0.29, 0.717) is 5.69 Å². The van der Waals surface area contributed by atoms with Gasteiger partial charge in [-0.15, -0.1) is 0 Å². The smallest absolute Gasteiger partial charge is 0.272 e. The molecule has 4 rings (SSSR count). The molecule has 1 fully saturated rings. The van der Waals surface area contributed by atoms with E-state index < -0.39 is 0 Å². The second kappa shape index (κ2) is 7.40. The number of amides is 1. The first-order valence-electron chi connectivity index (χ1n) is 9.46. The molecule has 6 nitrogen and oxygen atoms in total. The zero-order chi connectivity index (χ0) is 18.8. The summed E-state index contributed by atoms with van der Waals surface area (Å²) in [5, 5.41) is 4.77. The number of benzene rings is 1. The van der Waals surface area contributed by atoms with Crippen molar-refractivity contribution >= 4 is 5.91 Å². The highest BCUT2D eigenvalue weighted by molar-refractivity contribution is 5.94. The van der Waals surface area contributed by atoms with Gasteiger partial charge >= 0.3 is 0 Å². The number of aromatic nitrogens is 3. The third-order valence-electron chi connectivity index (χ3n) is 5.24. The highest BCUT2D eigenvalue weighted by Crippen LogP contribution is 2.23.